The van der Waals surface area contributed by atoms with Crippen LogP contribution in [0.1, 0.15) is 24.5 Å². The third kappa shape index (κ3) is 4.65. The van der Waals surface area contributed by atoms with Crippen LogP contribution in [0.2, 0.25) is 5.02 Å². The highest BCUT2D eigenvalue weighted by molar-refractivity contribution is 6.31. The monoisotopic (exact) mass is 347 g/mol. The highest BCUT2D eigenvalue weighted by Crippen LogP contribution is 2.31. The lowest BCUT2D eigenvalue weighted by Gasteiger charge is -2.13. The van der Waals surface area contributed by atoms with Crippen LogP contribution in [0.5, 0.6) is 11.5 Å². The fourth-order valence-corrected chi connectivity index (χ4v) is 2.55. The zero-order valence-corrected chi connectivity index (χ0v) is 14.9. The number of carbonyl (C=O) groups is 1. The molecule has 0 radical (unpaired) electrons. The van der Waals surface area contributed by atoms with E-state index in [1.165, 1.54) is 0 Å². The van der Waals surface area contributed by atoms with E-state index in [0.717, 1.165) is 16.9 Å². The topological polar surface area (TPSA) is 47.6 Å². The number of ether oxygens (including phenoxy) is 2. The van der Waals surface area contributed by atoms with Gasteiger partial charge in [0.1, 0.15) is 11.5 Å². The first-order chi connectivity index (χ1) is 11.5. The molecule has 0 bridgehead atoms. The zero-order chi connectivity index (χ0) is 17.5. The molecule has 128 valence electrons. The second-order valence-corrected chi connectivity index (χ2v) is 5.80. The van der Waals surface area contributed by atoms with Crippen LogP contribution in [-0.4, -0.2) is 19.6 Å². The van der Waals surface area contributed by atoms with Crippen molar-refractivity contribution in [2.24, 2.45) is 0 Å². The molecule has 0 aliphatic rings. The summed E-state index contributed by atoms with van der Waals surface area (Å²) in [5.74, 6) is 1.29. The van der Waals surface area contributed by atoms with Gasteiger partial charge in [0.05, 0.1) is 19.4 Å². The molecular weight excluding hydrogens is 326 g/mol. The number of halogens is 1. The average molecular weight is 348 g/mol. The number of benzene rings is 2. The van der Waals surface area contributed by atoms with Crippen molar-refractivity contribution in [3.05, 3.63) is 52.5 Å². The average Bonchev–Trinajstić information content (AvgIpc) is 2.57. The van der Waals surface area contributed by atoms with Crippen LogP contribution >= 0.6 is 11.6 Å². The minimum atomic E-state index is -0.0821. The summed E-state index contributed by atoms with van der Waals surface area (Å²) in [4.78, 5) is 12.3. The van der Waals surface area contributed by atoms with Gasteiger partial charge in [0.15, 0.2) is 0 Å². The van der Waals surface area contributed by atoms with Gasteiger partial charge in [0.25, 0.3) is 0 Å². The Morgan fingerprint density at radius 3 is 2.67 bits per heavy atom. The predicted molar refractivity (Wildman–Crippen MR) is 97.3 cm³/mol. The van der Waals surface area contributed by atoms with Crippen molar-refractivity contribution < 1.29 is 14.3 Å². The van der Waals surface area contributed by atoms with E-state index in [0.29, 0.717) is 35.9 Å². The van der Waals surface area contributed by atoms with Gasteiger partial charge >= 0.3 is 0 Å². The molecule has 5 heteroatoms. The molecule has 2 aromatic rings. The first-order valence-corrected chi connectivity index (χ1v) is 8.27. The van der Waals surface area contributed by atoms with E-state index in [1.54, 1.807) is 13.2 Å². The molecular formula is C19H22ClNO3. The maximum atomic E-state index is 12.3. The number of methoxy groups -OCH3 is 1. The van der Waals surface area contributed by atoms with Crippen LogP contribution in [0, 0.1) is 6.92 Å². The molecule has 1 amide bonds. The van der Waals surface area contributed by atoms with Crippen LogP contribution in [0.15, 0.2) is 36.4 Å². The Morgan fingerprint density at radius 2 is 1.96 bits per heavy atom. The van der Waals surface area contributed by atoms with E-state index in [4.69, 9.17) is 21.1 Å². The molecule has 2 aromatic carbocycles. The Balaban J connectivity index is 2.03. The van der Waals surface area contributed by atoms with Crippen LogP contribution in [-0.2, 0) is 11.2 Å². The van der Waals surface area contributed by atoms with Gasteiger partial charge in [0, 0.05) is 17.5 Å². The Hall–Kier alpha value is -2.20. The van der Waals surface area contributed by atoms with Crippen molar-refractivity contribution >= 4 is 23.2 Å². The second-order valence-electron chi connectivity index (χ2n) is 5.39. The van der Waals surface area contributed by atoms with E-state index < -0.39 is 0 Å². The number of anilines is 1. The summed E-state index contributed by atoms with van der Waals surface area (Å²) in [6, 6.07) is 11.3. The molecule has 0 saturated carbocycles. The highest BCUT2D eigenvalue weighted by atomic mass is 35.5. The normalized spacial score (nSPS) is 10.3. The number of aryl methyl sites for hydroxylation is 2. The van der Waals surface area contributed by atoms with Crippen LogP contribution in [0.4, 0.5) is 5.69 Å². The predicted octanol–water partition coefficient (Wildman–Crippen LogP) is 4.63. The second kappa shape index (κ2) is 8.60. The van der Waals surface area contributed by atoms with E-state index in [9.17, 15) is 4.79 Å². The van der Waals surface area contributed by atoms with E-state index in [-0.39, 0.29) is 5.91 Å². The van der Waals surface area contributed by atoms with Gasteiger partial charge < -0.3 is 14.8 Å². The third-order valence-corrected chi connectivity index (χ3v) is 4.06. The summed E-state index contributed by atoms with van der Waals surface area (Å²) in [7, 11) is 1.55. The first-order valence-electron chi connectivity index (χ1n) is 7.89. The molecule has 0 fully saturated rings. The summed E-state index contributed by atoms with van der Waals surface area (Å²) in [6.07, 6.45) is 0.964. The lowest BCUT2D eigenvalue weighted by molar-refractivity contribution is -0.116. The van der Waals surface area contributed by atoms with Crippen molar-refractivity contribution in [2.45, 2.75) is 26.7 Å². The molecule has 24 heavy (non-hydrogen) atoms. The first kappa shape index (κ1) is 18.1. The molecule has 0 saturated heterocycles. The van der Waals surface area contributed by atoms with E-state index >= 15 is 0 Å². The van der Waals surface area contributed by atoms with Gasteiger partial charge in [-0.3, -0.25) is 4.79 Å². The number of hydrogen-bond donors (Lipinski definition) is 1. The molecule has 0 unspecified atom stereocenters. The summed E-state index contributed by atoms with van der Waals surface area (Å²) in [5, 5.41) is 3.49. The van der Waals surface area contributed by atoms with Crippen molar-refractivity contribution in [1.29, 1.82) is 0 Å². The summed E-state index contributed by atoms with van der Waals surface area (Å²) < 4.78 is 10.9. The molecule has 1 N–H and O–H groups in total. The van der Waals surface area contributed by atoms with Crippen molar-refractivity contribution in [3.8, 4) is 11.5 Å². The van der Waals surface area contributed by atoms with Crippen molar-refractivity contribution in [3.63, 3.8) is 0 Å². The zero-order valence-electron chi connectivity index (χ0n) is 14.2. The third-order valence-electron chi connectivity index (χ3n) is 3.65. The Labute approximate surface area is 147 Å². The molecule has 0 heterocycles. The van der Waals surface area contributed by atoms with Crippen LogP contribution < -0.4 is 14.8 Å². The highest BCUT2D eigenvalue weighted by Gasteiger charge is 2.11. The quantitative estimate of drug-likeness (QED) is 0.794. The van der Waals surface area contributed by atoms with Gasteiger partial charge in [0.2, 0.25) is 5.91 Å². The standard InChI is InChI=1S/C19H22ClNO3/c1-4-24-17-8-6-5-7-14(17)9-10-19(22)21-16-11-13(2)15(20)12-18(16)23-3/h5-8,11-12H,4,9-10H2,1-3H3,(H,21,22). The van der Waals surface area contributed by atoms with E-state index in [2.05, 4.69) is 5.32 Å². The molecule has 0 aliphatic heterocycles. The van der Waals surface area contributed by atoms with Gasteiger partial charge in [-0.2, -0.15) is 0 Å². The number of para-hydroxylation sites is 1. The van der Waals surface area contributed by atoms with Crippen molar-refractivity contribution in [1.82, 2.24) is 0 Å². The van der Waals surface area contributed by atoms with Gasteiger partial charge in [-0.05, 0) is 43.5 Å². The minimum Gasteiger partial charge on any atom is -0.495 e. The fraction of sp³-hybridized carbons (Fsp3) is 0.316. The largest absolute Gasteiger partial charge is 0.495 e. The van der Waals surface area contributed by atoms with Crippen LogP contribution in [0.25, 0.3) is 0 Å². The minimum absolute atomic E-state index is 0.0821. The summed E-state index contributed by atoms with van der Waals surface area (Å²) >= 11 is 6.08. The van der Waals surface area contributed by atoms with E-state index in [1.807, 2.05) is 44.2 Å². The molecule has 2 rings (SSSR count). The molecule has 0 atom stereocenters. The van der Waals surface area contributed by atoms with Gasteiger partial charge in [-0.1, -0.05) is 29.8 Å². The molecule has 4 nitrogen and oxygen atoms in total. The lowest BCUT2D eigenvalue weighted by atomic mass is 10.1. The number of nitrogens with one attached hydrogen (secondary N) is 1. The molecule has 0 aliphatic carbocycles. The maximum Gasteiger partial charge on any atom is 0.224 e. The Kier molecular flexibility index (Phi) is 6.50. The maximum absolute atomic E-state index is 12.3. The van der Waals surface area contributed by atoms with Gasteiger partial charge in [-0.25, -0.2) is 0 Å². The SMILES string of the molecule is CCOc1ccccc1CCC(=O)Nc1cc(C)c(Cl)cc1OC. The van der Waals surface area contributed by atoms with Crippen molar-refractivity contribution in [2.75, 3.05) is 19.0 Å². The smallest absolute Gasteiger partial charge is 0.224 e. The number of carbonyl (C=O) groups excluding carboxylic acids is 1. The Morgan fingerprint density at radius 1 is 1.21 bits per heavy atom. The summed E-state index contributed by atoms with van der Waals surface area (Å²) in [6.45, 7) is 4.43. The lowest BCUT2D eigenvalue weighted by Crippen LogP contribution is -2.13. The number of amides is 1. The number of rotatable bonds is 7. The fourth-order valence-electron chi connectivity index (χ4n) is 2.40. The molecule has 0 aromatic heterocycles. The van der Waals surface area contributed by atoms with Gasteiger partial charge in [-0.15, -0.1) is 0 Å². The van der Waals surface area contributed by atoms with Crippen LogP contribution in [0.3, 0.4) is 0 Å². The number of hydrogen-bond acceptors (Lipinski definition) is 3. The Bertz CT molecular complexity index is 716. The molecule has 0 spiro atoms. The summed E-state index contributed by atoms with van der Waals surface area (Å²) in [5.41, 5.74) is 2.53.